The van der Waals surface area contributed by atoms with Gasteiger partial charge in [-0.3, -0.25) is 4.90 Å². The standard InChI is InChI=1S/C27H34F2N6O2/c1-3-4-17-36-25-8-6-5-7-24(25)34-15-13-33(14-16-34)12-11-26-30-31-32-35(26)20(2)27(19-37-27)22-10-9-21(28)18-23(22)29/h5-10,18,20H,3-4,11-17,19H2,1-2H3. The van der Waals surface area contributed by atoms with Gasteiger partial charge in [0.05, 0.1) is 24.9 Å². The highest BCUT2D eigenvalue weighted by atomic mass is 19.1. The Hall–Kier alpha value is -3.11. The van der Waals surface area contributed by atoms with Crippen molar-refractivity contribution < 1.29 is 18.3 Å². The highest BCUT2D eigenvalue weighted by molar-refractivity contribution is 5.58. The van der Waals surface area contributed by atoms with Crippen molar-refractivity contribution in [2.45, 2.75) is 44.8 Å². The maximum absolute atomic E-state index is 14.5. The van der Waals surface area contributed by atoms with E-state index in [1.54, 1.807) is 4.68 Å². The Morgan fingerprint density at radius 3 is 2.62 bits per heavy atom. The number of piperazine rings is 1. The molecule has 8 nitrogen and oxygen atoms in total. The fraction of sp³-hybridized carbons (Fsp3) is 0.519. The van der Waals surface area contributed by atoms with E-state index in [1.807, 2.05) is 19.1 Å². The second kappa shape index (κ2) is 11.1. The van der Waals surface area contributed by atoms with Gasteiger partial charge in [0.1, 0.15) is 23.0 Å². The molecule has 0 saturated carbocycles. The first-order valence-corrected chi connectivity index (χ1v) is 13.1. The molecule has 10 heteroatoms. The van der Waals surface area contributed by atoms with Crippen LogP contribution in [0, 0.1) is 11.6 Å². The number of anilines is 1. The lowest BCUT2D eigenvalue weighted by Gasteiger charge is -2.36. The molecule has 198 valence electrons. The summed E-state index contributed by atoms with van der Waals surface area (Å²) in [7, 11) is 0. The van der Waals surface area contributed by atoms with Gasteiger partial charge in [0.2, 0.25) is 0 Å². The molecule has 2 aliphatic rings. The molecule has 2 unspecified atom stereocenters. The molecular formula is C27H34F2N6O2. The lowest BCUT2D eigenvalue weighted by atomic mass is 9.92. The van der Waals surface area contributed by atoms with Crippen LogP contribution < -0.4 is 9.64 Å². The lowest BCUT2D eigenvalue weighted by Crippen LogP contribution is -2.47. The van der Waals surface area contributed by atoms with Gasteiger partial charge >= 0.3 is 0 Å². The SMILES string of the molecule is CCCCOc1ccccc1N1CCN(CCc2nnnn2C(C)C2(c3ccc(F)cc3F)CO2)CC1. The molecular weight excluding hydrogens is 478 g/mol. The van der Waals surface area contributed by atoms with Crippen molar-refractivity contribution >= 4 is 5.69 Å². The second-order valence-corrected chi connectivity index (χ2v) is 9.77. The van der Waals surface area contributed by atoms with Crippen molar-refractivity contribution in [2.75, 3.05) is 50.8 Å². The van der Waals surface area contributed by atoms with E-state index < -0.39 is 17.2 Å². The van der Waals surface area contributed by atoms with Crippen LogP contribution in [0.25, 0.3) is 0 Å². The van der Waals surface area contributed by atoms with E-state index in [0.29, 0.717) is 18.6 Å². The van der Waals surface area contributed by atoms with Crippen LogP contribution in [-0.2, 0) is 16.8 Å². The summed E-state index contributed by atoms with van der Waals surface area (Å²) in [6.45, 7) is 9.64. The van der Waals surface area contributed by atoms with E-state index >= 15 is 0 Å². The van der Waals surface area contributed by atoms with Gasteiger partial charge in [-0.25, -0.2) is 13.5 Å². The molecule has 3 heterocycles. The Balaban J connectivity index is 1.18. The van der Waals surface area contributed by atoms with Crippen molar-refractivity contribution in [2.24, 2.45) is 0 Å². The van der Waals surface area contributed by atoms with Crippen LogP contribution in [0.2, 0.25) is 0 Å². The minimum Gasteiger partial charge on any atom is -0.491 e. The molecule has 2 aliphatic heterocycles. The highest BCUT2D eigenvalue weighted by Crippen LogP contribution is 2.48. The van der Waals surface area contributed by atoms with Gasteiger partial charge in [-0.1, -0.05) is 31.5 Å². The number of unbranched alkanes of at least 4 members (excludes halogenated alkanes) is 1. The summed E-state index contributed by atoms with van der Waals surface area (Å²) in [6.07, 6.45) is 2.82. The number of epoxide rings is 1. The predicted octanol–water partition coefficient (Wildman–Crippen LogP) is 3.98. The maximum Gasteiger partial charge on any atom is 0.153 e. The molecule has 2 atom stereocenters. The quantitative estimate of drug-likeness (QED) is 0.284. The minimum absolute atomic E-state index is 0.331. The zero-order chi connectivity index (χ0) is 25.8. The van der Waals surface area contributed by atoms with Gasteiger partial charge < -0.3 is 14.4 Å². The van der Waals surface area contributed by atoms with E-state index in [2.05, 4.69) is 44.4 Å². The zero-order valence-electron chi connectivity index (χ0n) is 21.4. The number of tetrazole rings is 1. The Kier molecular flexibility index (Phi) is 7.66. The van der Waals surface area contributed by atoms with E-state index in [0.717, 1.165) is 75.5 Å². The third kappa shape index (κ3) is 5.45. The van der Waals surface area contributed by atoms with Gasteiger partial charge in [0.15, 0.2) is 5.82 Å². The molecule has 0 spiro atoms. The first-order valence-electron chi connectivity index (χ1n) is 13.1. The first-order chi connectivity index (χ1) is 18.0. The molecule has 0 aliphatic carbocycles. The monoisotopic (exact) mass is 512 g/mol. The molecule has 3 aromatic rings. The first kappa shape index (κ1) is 25.5. The highest BCUT2D eigenvalue weighted by Gasteiger charge is 2.54. The van der Waals surface area contributed by atoms with Crippen LogP contribution in [0.4, 0.5) is 14.5 Å². The molecule has 0 N–H and O–H groups in total. The van der Waals surface area contributed by atoms with Crippen LogP contribution in [0.1, 0.15) is 44.1 Å². The average Bonchev–Trinajstić information content (AvgIpc) is 3.57. The summed E-state index contributed by atoms with van der Waals surface area (Å²) in [6, 6.07) is 11.5. The summed E-state index contributed by atoms with van der Waals surface area (Å²) in [5.41, 5.74) is 0.594. The fourth-order valence-corrected chi connectivity index (χ4v) is 5.04. The Morgan fingerprint density at radius 2 is 1.89 bits per heavy atom. The van der Waals surface area contributed by atoms with Crippen LogP contribution in [-0.4, -0.2) is 71.0 Å². The van der Waals surface area contributed by atoms with E-state index in [-0.39, 0.29) is 6.04 Å². The van der Waals surface area contributed by atoms with Gasteiger partial charge in [0, 0.05) is 50.8 Å². The van der Waals surface area contributed by atoms with E-state index in [1.165, 1.54) is 12.1 Å². The van der Waals surface area contributed by atoms with Crippen LogP contribution in [0.3, 0.4) is 0 Å². The smallest absolute Gasteiger partial charge is 0.153 e. The van der Waals surface area contributed by atoms with E-state index in [4.69, 9.17) is 9.47 Å². The summed E-state index contributed by atoms with van der Waals surface area (Å²) >= 11 is 0. The summed E-state index contributed by atoms with van der Waals surface area (Å²) in [5, 5.41) is 12.3. The Labute approximate surface area is 216 Å². The number of hydrogen-bond donors (Lipinski definition) is 0. The zero-order valence-corrected chi connectivity index (χ0v) is 21.4. The second-order valence-electron chi connectivity index (χ2n) is 9.77. The molecule has 2 fully saturated rings. The molecule has 2 aromatic carbocycles. The molecule has 37 heavy (non-hydrogen) atoms. The van der Waals surface area contributed by atoms with Gasteiger partial charge in [0.25, 0.3) is 0 Å². The van der Waals surface area contributed by atoms with E-state index in [9.17, 15) is 8.78 Å². The molecule has 1 aromatic heterocycles. The number of aromatic nitrogens is 4. The molecule has 0 amide bonds. The number of halogens is 2. The van der Waals surface area contributed by atoms with Gasteiger partial charge in [-0.15, -0.1) is 5.10 Å². The van der Waals surface area contributed by atoms with Crippen LogP contribution in [0.5, 0.6) is 5.75 Å². The largest absolute Gasteiger partial charge is 0.491 e. The molecule has 5 rings (SSSR count). The molecule has 2 saturated heterocycles. The van der Waals surface area contributed by atoms with Crippen molar-refractivity contribution in [1.29, 1.82) is 0 Å². The fourth-order valence-electron chi connectivity index (χ4n) is 5.04. The van der Waals surface area contributed by atoms with Crippen molar-refractivity contribution in [3.63, 3.8) is 0 Å². The number of benzene rings is 2. The number of ether oxygens (including phenoxy) is 2. The average molecular weight is 513 g/mol. The normalized spacial score (nSPS) is 20.7. The molecule has 0 bridgehead atoms. The topological polar surface area (TPSA) is 71.8 Å². The number of rotatable bonds is 11. The number of nitrogens with zero attached hydrogens (tertiary/aromatic N) is 6. The van der Waals surface area contributed by atoms with Crippen LogP contribution in [0.15, 0.2) is 42.5 Å². The Morgan fingerprint density at radius 1 is 1.11 bits per heavy atom. The summed E-state index contributed by atoms with van der Waals surface area (Å²) < 4.78 is 41.5. The van der Waals surface area contributed by atoms with Gasteiger partial charge in [-0.2, -0.15) is 0 Å². The third-order valence-electron chi connectivity index (χ3n) is 7.43. The predicted molar refractivity (Wildman–Crippen MR) is 136 cm³/mol. The minimum atomic E-state index is -0.889. The van der Waals surface area contributed by atoms with Gasteiger partial charge in [-0.05, 0) is 42.0 Å². The van der Waals surface area contributed by atoms with Crippen molar-refractivity contribution in [3.8, 4) is 5.75 Å². The number of para-hydroxylation sites is 2. The molecule has 0 radical (unpaired) electrons. The van der Waals surface area contributed by atoms with Crippen LogP contribution >= 0.6 is 0 Å². The number of hydrogen-bond acceptors (Lipinski definition) is 7. The third-order valence-corrected chi connectivity index (χ3v) is 7.43. The lowest BCUT2D eigenvalue weighted by molar-refractivity contribution is 0.206. The summed E-state index contributed by atoms with van der Waals surface area (Å²) in [5.74, 6) is 0.447. The van der Waals surface area contributed by atoms with Crippen molar-refractivity contribution in [1.82, 2.24) is 25.1 Å². The maximum atomic E-state index is 14.5. The Bertz CT molecular complexity index is 1190. The van der Waals surface area contributed by atoms with Crippen molar-refractivity contribution in [3.05, 3.63) is 65.5 Å². The summed E-state index contributed by atoms with van der Waals surface area (Å²) in [4.78, 5) is 4.79.